The van der Waals surface area contributed by atoms with Gasteiger partial charge in [0.25, 0.3) is 5.91 Å². The van der Waals surface area contributed by atoms with Crippen molar-refractivity contribution in [2.24, 2.45) is 0 Å². The molecule has 0 saturated heterocycles. The minimum atomic E-state index is -0.167. The minimum absolute atomic E-state index is 0.126. The molecule has 22 heavy (non-hydrogen) atoms. The molecular formula is C18H18ClNO2. The van der Waals surface area contributed by atoms with Crippen LogP contribution >= 0.6 is 11.6 Å². The molecule has 0 spiro atoms. The van der Waals surface area contributed by atoms with Crippen molar-refractivity contribution in [3.8, 4) is 5.75 Å². The summed E-state index contributed by atoms with van der Waals surface area (Å²) in [5.74, 6) is 0.733. The van der Waals surface area contributed by atoms with Crippen molar-refractivity contribution >= 4 is 23.2 Å². The molecule has 0 bridgehead atoms. The average molecular weight is 316 g/mol. The molecule has 1 aliphatic rings. The largest absolute Gasteiger partial charge is 0.488 e. The number of rotatable bonds is 2. The van der Waals surface area contributed by atoms with E-state index in [1.165, 1.54) is 0 Å². The molecule has 0 atom stereocenters. The Bertz CT molecular complexity index is 725. The number of amides is 1. The van der Waals surface area contributed by atoms with Crippen molar-refractivity contribution in [2.75, 3.05) is 5.32 Å². The molecular weight excluding hydrogens is 298 g/mol. The lowest BCUT2D eigenvalue weighted by Gasteiger charge is -2.32. The van der Waals surface area contributed by atoms with Crippen LogP contribution in [-0.2, 0) is 6.42 Å². The van der Waals surface area contributed by atoms with Crippen molar-refractivity contribution < 1.29 is 9.53 Å². The van der Waals surface area contributed by atoms with Crippen LogP contribution in [0.5, 0.6) is 5.75 Å². The third-order valence-electron chi connectivity index (χ3n) is 3.79. The van der Waals surface area contributed by atoms with Crippen LogP contribution in [0, 0.1) is 0 Å². The van der Waals surface area contributed by atoms with Gasteiger partial charge in [0.2, 0.25) is 0 Å². The number of ether oxygens (including phenoxy) is 1. The van der Waals surface area contributed by atoms with Crippen LogP contribution in [0.1, 0.15) is 36.2 Å². The Kier molecular flexibility index (Phi) is 3.83. The van der Waals surface area contributed by atoms with E-state index in [1.807, 2.05) is 18.2 Å². The lowest BCUT2D eigenvalue weighted by molar-refractivity contribution is 0.0847. The van der Waals surface area contributed by atoms with Crippen LogP contribution in [0.2, 0.25) is 5.02 Å². The standard InChI is InChI=1S/C18H18ClNO2/c1-18(2)9-8-12-11-15(6-7-16(12)22-18)20-17(21)13-4-3-5-14(19)10-13/h3-7,10-11H,8-9H2,1-2H3,(H,20,21). The zero-order valence-corrected chi connectivity index (χ0v) is 13.4. The van der Waals surface area contributed by atoms with Crippen molar-refractivity contribution in [1.82, 2.24) is 0 Å². The van der Waals surface area contributed by atoms with Gasteiger partial charge in [0, 0.05) is 16.3 Å². The van der Waals surface area contributed by atoms with Gasteiger partial charge >= 0.3 is 0 Å². The van der Waals surface area contributed by atoms with Gasteiger partial charge in [-0.3, -0.25) is 4.79 Å². The van der Waals surface area contributed by atoms with Gasteiger partial charge in [0.05, 0.1) is 0 Å². The number of carbonyl (C=O) groups is 1. The molecule has 4 heteroatoms. The number of nitrogens with one attached hydrogen (secondary N) is 1. The summed E-state index contributed by atoms with van der Waals surface area (Å²) in [6, 6.07) is 12.7. The smallest absolute Gasteiger partial charge is 0.255 e. The van der Waals surface area contributed by atoms with Crippen molar-refractivity contribution in [3.05, 3.63) is 58.6 Å². The Hall–Kier alpha value is -2.00. The van der Waals surface area contributed by atoms with Crippen molar-refractivity contribution in [2.45, 2.75) is 32.3 Å². The Morgan fingerprint density at radius 1 is 1.23 bits per heavy atom. The van der Waals surface area contributed by atoms with E-state index in [2.05, 4.69) is 19.2 Å². The first-order valence-corrected chi connectivity index (χ1v) is 7.70. The Morgan fingerprint density at radius 3 is 2.82 bits per heavy atom. The van der Waals surface area contributed by atoms with Gasteiger partial charge in [-0.2, -0.15) is 0 Å². The van der Waals surface area contributed by atoms with E-state index < -0.39 is 0 Å². The molecule has 1 heterocycles. The second kappa shape index (κ2) is 5.65. The van der Waals surface area contributed by atoms with E-state index in [9.17, 15) is 4.79 Å². The topological polar surface area (TPSA) is 38.3 Å². The first-order chi connectivity index (χ1) is 10.4. The Balaban J connectivity index is 1.78. The summed E-state index contributed by atoms with van der Waals surface area (Å²) < 4.78 is 5.95. The monoisotopic (exact) mass is 315 g/mol. The lowest BCUT2D eigenvalue weighted by atomic mass is 9.94. The summed E-state index contributed by atoms with van der Waals surface area (Å²) in [5.41, 5.74) is 2.32. The van der Waals surface area contributed by atoms with Crippen molar-refractivity contribution in [3.63, 3.8) is 0 Å². The van der Waals surface area contributed by atoms with Gasteiger partial charge in [-0.1, -0.05) is 17.7 Å². The molecule has 0 radical (unpaired) electrons. The quantitative estimate of drug-likeness (QED) is 0.872. The Morgan fingerprint density at radius 2 is 2.05 bits per heavy atom. The zero-order chi connectivity index (χ0) is 15.7. The first kappa shape index (κ1) is 14.9. The maximum absolute atomic E-state index is 12.2. The van der Waals surface area contributed by atoms with Crippen LogP contribution < -0.4 is 10.1 Å². The predicted octanol–water partition coefficient (Wildman–Crippen LogP) is 4.70. The summed E-state index contributed by atoms with van der Waals surface area (Å²) in [5, 5.41) is 3.45. The highest BCUT2D eigenvalue weighted by Gasteiger charge is 2.26. The average Bonchev–Trinajstić information content (AvgIpc) is 2.47. The third-order valence-corrected chi connectivity index (χ3v) is 4.02. The molecule has 1 N–H and O–H groups in total. The number of aryl methyl sites for hydroxylation is 1. The van der Waals surface area contributed by atoms with Gasteiger partial charge in [0.1, 0.15) is 11.4 Å². The highest BCUT2D eigenvalue weighted by Crippen LogP contribution is 2.34. The molecule has 0 fully saturated rings. The predicted molar refractivity (Wildman–Crippen MR) is 88.9 cm³/mol. The van der Waals surface area contributed by atoms with Crippen LogP contribution in [0.25, 0.3) is 0 Å². The van der Waals surface area contributed by atoms with E-state index >= 15 is 0 Å². The number of hydrogen-bond acceptors (Lipinski definition) is 2. The molecule has 0 aliphatic carbocycles. The number of halogens is 1. The first-order valence-electron chi connectivity index (χ1n) is 7.32. The number of anilines is 1. The number of benzene rings is 2. The lowest BCUT2D eigenvalue weighted by Crippen LogP contribution is -2.32. The SMILES string of the molecule is CC1(C)CCc2cc(NC(=O)c3cccc(Cl)c3)ccc2O1. The second-order valence-corrected chi connectivity index (χ2v) is 6.59. The summed E-state index contributed by atoms with van der Waals surface area (Å²) >= 11 is 5.92. The summed E-state index contributed by atoms with van der Waals surface area (Å²) in [6.45, 7) is 4.18. The molecule has 2 aromatic rings. The highest BCUT2D eigenvalue weighted by molar-refractivity contribution is 6.31. The van der Waals surface area contributed by atoms with E-state index in [1.54, 1.807) is 24.3 Å². The normalized spacial score (nSPS) is 15.6. The Labute approximate surface area is 135 Å². The molecule has 3 nitrogen and oxygen atoms in total. The number of carbonyl (C=O) groups excluding carboxylic acids is 1. The van der Waals surface area contributed by atoms with E-state index in [0.717, 1.165) is 29.8 Å². The van der Waals surface area contributed by atoms with E-state index in [0.29, 0.717) is 10.6 Å². The van der Waals surface area contributed by atoms with Gasteiger partial charge in [-0.15, -0.1) is 0 Å². The van der Waals surface area contributed by atoms with E-state index in [4.69, 9.17) is 16.3 Å². The fraction of sp³-hybridized carbons (Fsp3) is 0.278. The molecule has 1 aliphatic heterocycles. The van der Waals surface area contributed by atoms with Crippen LogP contribution in [0.15, 0.2) is 42.5 Å². The van der Waals surface area contributed by atoms with Crippen molar-refractivity contribution in [1.29, 1.82) is 0 Å². The van der Waals surface area contributed by atoms with Gasteiger partial charge in [-0.05, 0) is 68.7 Å². The maximum Gasteiger partial charge on any atom is 0.255 e. The summed E-state index contributed by atoms with van der Waals surface area (Å²) in [7, 11) is 0. The molecule has 114 valence electrons. The van der Waals surface area contributed by atoms with Gasteiger partial charge in [0.15, 0.2) is 0 Å². The molecule has 0 unspecified atom stereocenters. The molecule has 3 rings (SSSR count). The van der Waals surface area contributed by atoms with Crippen LogP contribution in [-0.4, -0.2) is 11.5 Å². The molecule has 0 aromatic heterocycles. The van der Waals surface area contributed by atoms with Crippen LogP contribution in [0.4, 0.5) is 5.69 Å². The third kappa shape index (κ3) is 3.25. The fourth-order valence-electron chi connectivity index (χ4n) is 2.57. The molecule has 0 saturated carbocycles. The zero-order valence-electron chi connectivity index (χ0n) is 12.7. The summed E-state index contributed by atoms with van der Waals surface area (Å²) in [6.07, 6.45) is 1.91. The number of fused-ring (bicyclic) bond motifs is 1. The second-order valence-electron chi connectivity index (χ2n) is 6.15. The highest BCUT2D eigenvalue weighted by atomic mass is 35.5. The van der Waals surface area contributed by atoms with Gasteiger partial charge in [-0.25, -0.2) is 0 Å². The summed E-state index contributed by atoms with van der Waals surface area (Å²) in [4.78, 5) is 12.2. The molecule has 2 aromatic carbocycles. The minimum Gasteiger partial charge on any atom is -0.488 e. The maximum atomic E-state index is 12.2. The number of hydrogen-bond donors (Lipinski definition) is 1. The molecule has 1 amide bonds. The fourth-order valence-corrected chi connectivity index (χ4v) is 2.76. The van der Waals surface area contributed by atoms with Crippen LogP contribution in [0.3, 0.4) is 0 Å². The van der Waals surface area contributed by atoms with E-state index in [-0.39, 0.29) is 11.5 Å². The van der Waals surface area contributed by atoms with Gasteiger partial charge < -0.3 is 10.1 Å².